The standard InChI is InChI=1S/C22H26N2O4/c1-2-27-18-8-10-19(11-9-18)28-20-5-3-4-15(12-20)21-13-16(21)14-24(26)22(25)23-17-6-7-17/h3-5,8-12,16-17,21,26H,2,6-7,13-14H2,1H3,(H,23,25)/t16-,21-/m0/s1. The van der Waals surface area contributed by atoms with Crippen molar-refractivity contribution in [2.24, 2.45) is 5.92 Å². The van der Waals surface area contributed by atoms with Gasteiger partial charge in [0.25, 0.3) is 0 Å². The Morgan fingerprint density at radius 1 is 1.14 bits per heavy atom. The lowest BCUT2D eigenvalue weighted by Crippen LogP contribution is -2.40. The van der Waals surface area contributed by atoms with Crippen molar-refractivity contribution in [3.63, 3.8) is 0 Å². The smallest absolute Gasteiger partial charge is 0.341 e. The molecule has 0 aliphatic heterocycles. The Morgan fingerprint density at radius 3 is 2.61 bits per heavy atom. The van der Waals surface area contributed by atoms with Gasteiger partial charge in [-0.05, 0) is 80.0 Å². The second kappa shape index (κ2) is 8.10. The van der Waals surface area contributed by atoms with E-state index in [1.807, 2.05) is 49.4 Å². The van der Waals surface area contributed by atoms with Gasteiger partial charge in [0.1, 0.15) is 17.2 Å². The molecular weight excluding hydrogens is 356 g/mol. The first-order chi connectivity index (χ1) is 13.6. The average molecular weight is 382 g/mol. The largest absolute Gasteiger partial charge is 0.494 e. The zero-order valence-electron chi connectivity index (χ0n) is 16.0. The lowest BCUT2D eigenvalue weighted by atomic mass is 10.1. The number of benzene rings is 2. The highest BCUT2D eigenvalue weighted by molar-refractivity contribution is 5.73. The molecule has 2 amide bonds. The fourth-order valence-electron chi connectivity index (χ4n) is 3.35. The molecule has 2 aromatic carbocycles. The van der Waals surface area contributed by atoms with Crippen LogP contribution in [-0.2, 0) is 0 Å². The van der Waals surface area contributed by atoms with Crippen molar-refractivity contribution < 1.29 is 19.5 Å². The Labute approximate surface area is 165 Å². The summed E-state index contributed by atoms with van der Waals surface area (Å²) in [7, 11) is 0. The molecule has 0 unspecified atom stereocenters. The van der Waals surface area contributed by atoms with Crippen LogP contribution in [-0.4, -0.2) is 35.5 Å². The Kier molecular flexibility index (Phi) is 5.39. The van der Waals surface area contributed by atoms with Crippen molar-refractivity contribution >= 4 is 6.03 Å². The van der Waals surface area contributed by atoms with E-state index in [2.05, 4.69) is 11.4 Å². The lowest BCUT2D eigenvalue weighted by molar-refractivity contribution is -0.0470. The van der Waals surface area contributed by atoms with Gasteiger partial charge in [-0.25, -0.2) is 9.86 Å². The Hall–Kier alpha value is -2.73. The molecule has 0 saturated heterocycles. The second-order valence-corrected chi connectivity index (χ2v) is 7.49. The molecule has 2 saturated carbocycles. The van der Waals surface area contributed by atoms with Gasteiger partial charge >= 0.3 is 6.03 Å². The first kappa shape index (κ1) is 18.6. The predicted octanol–water partition coefficient (Wildman–Crippen LogP) is 4.54. The summed E-state index contributed by atoms with van der Waals surface area (Å²) in [5.41, 5.74) is 1.17. The van der Waals surface area contributed by atoms with Gasteiger partial charge in [-0.15, -0.1) is 0 Å². The van der Waals surface area contributed by atoms with Crippen LogP contribution < -0.4 is 14.8 Å². The summed E-state index contributed by atoms with van der Waals surface area (Å²) < 4.78 is 11.4. The summed E-state index contributed by atoms with van der Waals surface area (Å²) in [6.07, 6.45) is 2.97. The molecule has 6 nitrogen and oxygen atoms in total. The molecule has 2 aromatic rings. The predicted molar refractivity (Wildman–Crippen MR) is 105 cm³/mol. The van der Waals surface area contributed by atoms with Crippen molar-refractivity contribution in [2.75, 3.05) is 13.2 Å². The van der Waals surface area contributed by atoms with Crippen molar-refractivity contribution in [1.82, 2.24) is 10.4 Å². The number of nitrogens with zero attached hydrogens (tertiary/aromatic N) is 1. The van der Waals surface area contributed by atoms with Gasteiger partial charge in [0.15, 0.2) is 0 Å². The van der Waals surface area contributed by atoms with Gasteiger partial charge < -0.3 is 14.8 Å². The van der Waals surface area contributed by atoms with E-state index in [4.69, 9.17) is 9.47 Å². The molecule has 6 heteroatoms. The first-order valence-corrected chi connectivity index (χ1v) is 9.90. The van der Waals surface area contributed by atoms with E-state index in [1.165, 1.54) is 5.56 Å². The molecule has 0 bridgehead atoms. The molecule has 2 aliphatic rings. The van der Waals surface area contributed by atoms with Gasteiger partial charge in [-0.2, -0.15) is 0 Å². The van der Waals surface area contributed by atoms with Crippen LogP contribution in [0.3, 0.4) is 0 Å². The third-order valence-electron chi connectivity index (χ3n) is 5.13. The SMILES string of the molecule is CCOc1ccc(Oc2cccc([C@@H]3C[C@H]3CN(O)C(=O)NC3CC3)c2)cc1. The molecular formula is C22H26N2O4. The summed E-state index contributed by atoms with van der Waals surface area (Å²) in [4.78, 5) is 11.9. The summed E-state index contributed by atoms with van der Waals surface area (Å²) in [5.74, 6) is 2.97. The second-order valence-electron chi connectivity index (χ2n) is 7.49. The minimum absolute atomic E-state index is 0.244. The van der Waals surface area contributed by atoms with Gasteiger partial charge in [-0.3, -0.25) is 5.21 Å². The zero-order chi connectivity index (χ0) is 19.5. The Bertz CT molecular complexity index is 820. The van der Waals surface area contributed by atoms with Crippen LogP contribution in [0.25, 0.3) is 0 Å². The normalized spacial score (nSPS) is 20.4. The van der Waals surface area contributed by atoms with Crippen LogP contribution >= 0.6 is 0 Å². The third kappa shape index (κ3) is 4.75. The van der Waals surface area contributed by atoms with E-state index < -0.39 is 0 Å². The van der Waals surface area contributed by atoms with Crippen molar-refractivity contribution in [3.8, 4) is 17.2 Å². The molecule has 2 fully saturated rings. The van der Waals surface area contributed by atoms with Crippen LogP contribution in [0, 0.1) is 5.92 Å². The maximum Gasteiger partial charge on any atom is 0.341 e. The molecule has 2 atom stereocenters. The van der Waals surface area contributed by atoms with Gasteiger partial charge in [0.2, 0.25) is 0 Å². The number of amides is 2. The molecule has 4 rings (SSSR count). The van der Waals surface area contributed by atoms with Crippen molar-refractivity contribution in [3.05, 3.63) is 54.1 Å². The van der Waals surface area contributed by atoms with Gasteiger partial charge in [-0.1, -0.05) is 12.1 Å². The maximum absolute atomic E-state index is 11.9. The minimum Gasteiger partial charge on any atom is -0.494 e. The highest BCUT2D eigenvalue weighted by Crippen LogP contribution is 2.48. The molecule has 0 radical (unpaired) electrons. The molecule has 0 spiro atoms. The molecule has 0 aromatic heterocycles. The fraction of sp³-hybridized carbons (Fsp3) is 0.409. The summed E-state index contributed by atoms with van der Waals surface area (Å²) in [5, 5.41) is 13.6. The van der Waals surface area contributed by atoms with Crippen molar-refractivity contribution in [2.45, 2.75) is 38.1 Å². The lowest BCUT2D eigenvalue weighted by Gasteiger charge is -2.15. The first-order valence-electron chi connectivity index (χ1n) is 9.90. The van der Waals surface area contributed by atoms with Crippen LogP contribution in [0.15, 0.2) is 48.5 Å². The number of carbonyl (C=O) groups is 1. The van der Waals surface area contributed by atoms with Crippen LogP contribution in [0.4, 0.5) is 4.79 Å². The third-order valence-corrected chi connectivity index (χ3v) is 5.13. The van der Waals surface area contributed by atoms with Crippen LogP contribution in [0.5, 0.6) is 17.2 Å². The van der Waals surface area contributed by atoms with E-state index in [0.717, 1.165) is 41.6 Å². The Balaban J connectivity index is 1.32. The summed E-state index contributed by atoms with van der Waals surface area (Å²) >= 11 is 0. The molecule has 148 valence electrons. The summed E-state index contributed by atoms with van der Waals surface area (Å²) in [6.45, 7) is 2.95. The number of ether oxygens (including phenoxy) is 2. The maximum atomic E-state index is 11.9. The van der Waals surface area contributed by atoms with E-state index in [1.54, 1.807) is 0 Å². The van der Waals surface area contributed by atoms with E-state index in [0.29, 0.717) is 19.1 Å². The average Bonchev–Trinajstić information content (AvgIpc) is 3.61. The van der Waals surface area contributed by atoms with E-state index >= 15 is 0 Å². The number of hydrogen-bond donors (Lipinski definition) is 2. The highest BCUT2D eigenvalue weighted by atomic mass is 16.5. The van der Waals surface area contributed by atoms with E-state index in [9.17, 15) is 10.0 Å². The molecule has 2 N–H and O–H groups in total. The monoisotopic (exact) mass is 382 g/mol. The number of nitrogens with one attached hydrogen (secondary N) is 1. The highest BCUT2D eigenvalue weighted by Gasteiger charge is 2.40. The van der Waals surface area contributed by atoms with Gasteiger partial charge in [0, 0.05) is 6.04 Å². The number of hydrogen-bond acceptors (Lipinski definition) is 4. The number of hydroxylamine groups is 2. The molecule has 28 heavy (non-hydrogen) atoms. The zero-order valence-corrected chi connectivity index (χ0v) is 16.0. The number of carbonyl (C=O) groups excluding carboxylic acids is 1. The Morgan fingerprint density at radius 2 is 1.89 bits per heavy atom. The molecule has 0 heterocycles. The quantitative estimate of drug-likeness (QED) is 0.519. The number of rotatable bonds is 8. The van der Waals surface area contributed by atoms with E-state index in [-0.39, 0.29) is 18.0 Å². The van der Waals surface area contributed by atoms with Crippen LogP contribution in [0.2, 0.25) is 0 Å². The minimum atomic E-state index is -0.388. The van der Waals surface area contributed by atoms with Gasteiger partial charge in [0.05, 0.1) is 13.2 Å². The topological polar surface area (TPSA) is 71.0 Å². The van der Waals surface area contributed by atoms with Crippen molar-refractivity contribution in [1.29, 1.82) is 0 Å². The van der Waals surface area contributed by atoms with Crippen LogP contribution in [0.1, 0.15) is 37.7 Å². The fourth-order valence-corrected chi connectivity index (χ4v) is 3.35. The number of urea groups is 1. The summed E-state index contributed by atoms with van der Waals surface area (Å²) in [6, 6.07) is 15.4. The molecule has 2 aliphatic carbocycles.